The highest BCUT2D eigenvalue weighted by Crippen LogP contribution is 2.34. The van der Waals surface area contributed by atoms with Crippen LogP contribution in [0.5, 0.6) is 0 Å². The molecule has 5 aromatic rings. The molecule has 0 spiro atoms. The molecule has 0 saturated heterocycles. The second-order valence-electron chi connectivity index (χ2n) is 7.56. The monoisotopic (exact) mass is 430 g/mol. The Labute approximate surface area is 192 Å². The first-order chi connectivity index (χ1) is 16.3. The number of hydrogen-bond donors (Lipinski definition) is 1. The molecule has 0 radical (unpaired) electrons. The lowest BCUT2D eigenvalue weighted by molar-refractivity contribution is 0.914. The maximum Gasteiger partial charge on any atom is 0.230 e. The van der Waals surface area contributed by atoms with Gasteiger partial charge in [-0.1, -0.05) is 36.4 Å². The second-order valence-corrected chi connectivity index (χ2v) is 7.56. The molecule has 0 amide bonds. The Kier molecular flexibility index (Phi) is 5.72. The largest absolute Gasteiger partial charge is 0.397 e. The number of pyridine rings is 2. The van der Waals surface area contributed by atoms with E-state index in [1.54, 1.807) is 31.0 Å². The molecule has 0 fully saturated rings. The molecular formula is C27H22N6. The van der Waals surface area contributed by atoms with Gasteiger partial charge in [-0.2, -0.15) is 0 Å². The Bertz CT molecular complexity index is 1340. The number of anilines is 3. The highest BCUT2D eigenvalue weighted by Gasteiger charge is 2.18. The Morgan fingerprint density at radius 2 is 1.55 bits per heavy atom. The second kappa shape index (κ2) is 9.28. The van der Waals surface area contributed by atoms with Crippen LogP contribution in [-0.4, -0.2) is 19.9 Å². The predicted octanol–water partition coefficient (Wildman–Crippen LogP) is 5.52. The van der Waals surface area contributed by atoms with Crippen LogP contribution in [-0.2, 0) is 6.54 Å². The first kappa shape index (κ1) is 20.3. The summed E-state index contributed by atoms with van der Waals surface area (Å²) in [6, 6.07) is 26.0. The summed E-state index contributed by atoms with van der Waals surface area (Å²) in [7, 11) is 0. The van der Waals surface area contributed by atoms with Crippen LogP contribution >= 0.6 is 0 Å². The van der Waals surface area contributed by atoms with Gasteiger partial charge in [-0.25, -0.2) is 9.97 Å². The first-order valence-electron chi connectivity index (χ1n) is 10.6. The molecule has 5 rings (SSSR count). The zero-order chi connectivity index (χ0) is 22.5. The number of nitrogen functional groups attached to an aromatic ring is 1. The average Bonchev–Trinajstić information content (AvgIpc) is 2.89. The van der Waals surface area contributed by atoms with Crippen LogP contribution in [0.25, 0.3) is 22.4 Å². The molecule has 0 bridgehead atoms. The van der Waals surface area contributed by atoms with Crippen molar-refractivity contribution < 1.29 is 0 Å². The van der Waals surface area contributed by atoms with E-state index in [1.807, 2.05) is 60.7 Å². The van der Waals surface area contributed by atoms with E-state index >= 15 is 0 Å². The van der Waals surface area contributed by atoms with Crippen LogP contribution in [0.4, 0.5) is 17.3 Å². The van der Waals surface area contributed by atoms with E-state index in [1.165, 1.54) is 0 Å². The van der Waals surface area contributed by atoms with Crippen LogP contribution < -0.4 is 10.6 Å². The summed E-state index contributed by atoms with van der Waals surface area (Å²) in [5.74, 6) is 0.568. The van der Waals surface area contributed by atoms with Crippen molar-refractivity contribution >= 4 is 17.3 Å². The number of nitrogens with zero attached hydrogens (tertiary/aromatic N) is 5. The van der Waals surface area contributed by atoms with Crippen molar-refractivity contribution in [2.45, 2.75) is 6.54 Å². The van der Waals surface area contributed by atoms with Crippen molar-refractivity contribution in [1.82, 2.24) is 19.9 Å². The Morgan fingerprint density at radius 3 is 2.33 bits per heavy atom. The summed E-state index contributed by atoms with van der Waals surface area (Å²) >= 11 is 0. The molecule has 2 N–H and O–H groups in total. The quantitative estimate of drug-likeness (QED) is 0.357. The van der Waals surface area contributed by atoms with Crippen LogP contribution in [0.3, 0.4) is 0 Å². The van der Waals surface area contributed by atoms with Crippen molar-refractivity contribution in [3.8, 4) is 22.4 Å². The van der Waals surface area contributed by atoms with Crippen LogP contribution in [0.1, 0.15) is 5.56 Å². The molecule has 3 heterocycles. The summed E-state index contributed by atoms with van der Waals surface area (Å²) in [4.78, 5) is 19.9. The minimum atomic E-state index is 0.568. The maximum absolute atomic E-state index is 6.49. The van der Waals surface area contributed by atoms with Gasteiger partial charge in [0.15, 0.2) is 0 Å². The van der Waals surface area contributed by atoms with Gasteiger partial charge < -0.3 is 10.6 Å². The summed E-state index contributed by atoms with van der Waals surface area (Å²) in [5.41, 5.74) is 13.0. The van der Waals surface area contributed by atoms with Gasteiger partial charge in [0.25, 0.3) is 0 Å². The third-order valence-corrected chi connectivity index (χ3v) is 5.36. The zero-order valence-electron chi connectivity index (χ0n) is 17.9. The fourth-order valence-corrected chi connectivity index (χ4v) is 3.68. The van der Waals surface area contributed by atoms with Gasteiger partial charge >= 0.3 is 0 Å². The lowest BCUT2D eigenvalue weighted by Gasteiger charge is -2.25. The zero-order valence-corrected chi connectivity index (χ0v) is 17.9. The van der Waals surface area contributed by atoms with E-state index in [2.05, 4.69) is 38.1 Å². The highest BCUT2D eigenvalue weighted by atomic mass is 15.3. The minimum absolute atomic E-state index is 0.568. The maximum atomic E-state index is 6.49. The molecule has 0 saturated carbocycles. The van der Waals surface area contributed by atoms with E-state index < -0.39 is 0 Å². The smallest absolute Gasteiger partial charge is 0.230 e. The molecule has 160 valence electrons. The molecule has 33 heavy (non-hydrogen) atoms. The van der Waals surface area contributed by atoms with E-state index in [-0.39, 0.29) is 0 Å². The highest BCUT2D eigenvalue weighted by molar-refractivity contribution is 5.79. The molecular weight excluding hydrogens is 408 g/mol. The molecule has 6 heteroatoms. The minimum Gasteiger partial charge on any atom is -0.397 e. The van der Waals surface area contributed by atoms with E-state index in [9.17, 15) is 0 Å². The fourth-order valence-electron chi connectivity index (χ4n) is 3.68. The number of hydrogen-bond acceptors (Lipinski definition) is 6. The molecule has 0 unspecified atom stereocenters. The molecule has 0 aliphatic heterocycles. The molecule has 6 nitrogen and oxygen atoms in total. The third-order valence-electron chi connectivity index (χ3n) is 5.36. The van der Waals surface area contributed by atoms with Crippen molar-refractivity contribution in [3.05, 3.63) is 115 Å². The molecule has 2 aromatic carbocycles. The fraction of sp³-hybridized carbons (Fsp3) is 0.0370. The standard InChI is InChI=1S/C27H22N6/c28-24-9-8-22(21-10-14-29-15-11-21)17-26(24)33(19-20-5-2-1-3-6-20)27-31-16-12-25(32-27)23-7-4-13-30-18-23/h1-18H,19,28H2. The Morgan fingerprint density at radius 1 is 0.697 bits per heavy atom. The van der Waals surface area contributed by atoms with Crippen molar-refractivity contribution in [2.24, 2.45) is 0 Å². The predicted molar refractivity (Wildman–Crippen MR) is 132 cm³/mol. The van der Waals surface area contributed by atoms with E-state index in [0.29, 0.717) is 18.2 Å². The van der Waals surface area contributed by atoms with Gasteiger partial charge in [-0.15, -0.1) is 0 Å². The van der Waals surface area contributed by atoms with Gasteiger partial charge in [-0.05, 0) is 59.2 Å². The van der Waals surface area contributed by atoms with Gasteiger partial charge in [0.1, 0.15) is 0 Å². The molecule has 3 aromatic heterocycles. The number of nitrogens with two attached hydrogens (primary N) is 1. The number of aromatic nitrogens is 4. The molecule has 0 aliphatic rings. The van der Waals surface area contributed by atoms with Crippen LogP contribution in [0, 0.1) is 0 Å². The van der Waals surface area contributed by atoms with E-state index in [4.69, 9.17) is 10.7 Å². The lowest BCUT2D eigenvalue weighted by Crippen LogP contribution is -2.20. The van der Waals surface area contributed by atoms with Gasteiger partial charge in [-0.3, -0.25) is 9.97 Å². The normalized spacial score (nSPS) is 10.7. The van der Waals surface area contributed by atoms with E-state index in [0.717, 1.165) is 33.6 Å². The van der Waals surface area contributed by atoms with Crippen molar-refractivity contribution in [2.75, 3.05) is 10.6 Å². The summed E-state index contributed by atoms with van der Waals surface area (Å²) in [6.07, 6.45) is 8.89. The number of benzene rings is 2. The summed E-state index contributed by atoms with van der Waals surface area (Å²) in [6.45, 7) is 0.571. The first-order valence-corrected chi connectivity index (χ1v) is 10.6. The van der Waals surface area contributed by atoms with Crippen molar-refractivity contribution in [3.63, 3.8) is 0 Å². The van der Waals surface area contributed by atoms with Crippen LogP contribution in [0.15, 0.2) is 110 Å². The van der Waals surface area contributed by atoms with Crippen LogP contribution in [0.2, 0.25) is 0 Å². The van der Waals surface area contributed by atoms with Gasteiger partial charge in [0.05, 0.1) is 23.6 Å². The Hall–Kier alpha value is -4.58. The Balaban J connectivity index is 1.62. The molecule has 0 atom stereocenters. The topological polar surface area (TPSA) is 80.8 Å². The summed E-state index contributed by atoms with van der Waals surface area (Å²) in [5, 5.41) is 0. The SMILES string of the molecule is Nc1ccc(-c2ccncc2)cc1N(Cc1ccccc1)c1nccc(-c2cccnc2)n1. The average molecular weight is 431 g/mol. The summed E-state index contributed by atoms with van der Waals surface area (Å²) < 4.78 is 0. The van der Waals surface area contributed by atoms with Crippen molar-refractivity contribution in [1.29, 1.82) is 0 Å². The third kappa shape index (κ3) is 4.55. The van der Waals surface area contributed by atoms with Gasteiger partial charge in [0, 0.05) is 36.5 Å². The number of rotatable bonds is 6. The molecule has 0 aliphatic carbocycles. The van der Waals surface area contributed by atoms with Gasteiger partial charge in [0.2, 0.25) is 5.95 Å². The lowest BCUT2D eigenvalue weighted by atomic mass is 10.0.